The molecule has 2 aromatic rings. The quantitative estimate of drug-likeness (QED) is 0.484. The summed E-state index contributed by atoms with van der Waals surface area (Å²) in [4.78, 5) is 33.9. The van der Waals surface area contributed by atoms with Crippen molar-refractivity contribution in [1.29, 1.82) is 0 Å². The van der Waals surface area contributed by atoms with Gasteiger partial charge in [0.05, 0.1) is 11.1 Å². The number of hydrogen-bond acceptors (Lipinski definition) is 6. The second-order valence-electron chi connectivity index (χ2n) is 4.72. The minimum absolute atomic E-state index is 0.0619. The van der Waals surface area contributed by atoms with Crippen LogP contribution in [0.25, 0.3) is 0 Å². The van der Waals surface area contributed by atoms with Crippen LogP contribution in [-0.4, -0.2) is 26.7 Å². The van der Waals surface area contributed by atoms with Gasteiger partial charge in [-0.2, -0.15) is 5.10 Å². The highest BCUT2D eigenvalue weighted by Gasteiger charge is 2.13. The van der Waals surface area contributed by atoms with E-state index in [2.05, 4.69) is 10.5 Å². The number of phenolic OH excluding ortho intramolecular Hbond substituents is 1. The zero-order valence-electron chi connectivity index (χ0n) is 12.7. The number of rotatable bonds is 5. The van der Waals surface area contributed by atoms with Crippen LogP contribution in [0, 0.1) is 10.1 Å². The Hall–Kier alpha value is -3.49. The molecule has 0 spiro atoms. The number of aryl methyl sites for hydroxylation is 1. The number of nitrogens with one attached hydrogen (secondary N) is 1. The highest BCUT2D eigenvalue weighted by atomic mass is 16.6. The molecule has 124 valence electrons. The number of amides is 1. The molecule has 9 nitrogen and oxygen atoms in total. The van der Waals surface area contributed by atoms with E-state index in [1.807, 2.05) is 0 Å². The highest BCUT2D eigenvalue weighted by Crippen LogP contribution is 2.25. The molecule has 1 aromatic heterocycles. The second kappa shape index (κ2) is 7.18. The van der Waals surface area contributed by atoms with Crippen LogP contribution >= 0.6 is 0 Å². The SMILES string of the molecule is CCn1cccc(C(=O)N/N=C\c2ccc(O)c([N+](=O)[O-])c2)c1=O. The number of hydrazone groups is 1. The zero-order valence-corrected chi connectivity index (χ0v) is 12.7. The van der Waals surface area contributed by atoms with Gasteiger partial charge in [-0.05, 0) is 31.2 Å². The lowest BCUT2D eigenvalue weighted by Crippen LogP contribution is -2.30. The minimum Gasteiger partial charge on any atom is -0.502 e. The fraction of sp³-hybridized carbons (Fsp3) is 0.133. The summed E-state index contributed by atoms with van der Waals surface area (Å²) >= 11 is 0. The molecule has 0 radical (unpaired) electrons. The third-order valence-electron chi connectivity index (χ3n) is 3.18. The van der Waals surface area contributed by atoms with Gasteiger partial charge in [0.2, 0.25) is 0 Å². The number of nitrogens with zero attached hydrogens (tertiary/aromatic N) is 3. The Morgan fingerprint density at radius 3 is 2.88 bits per heavy atom. The first-order chi connectivity index (χ1) is 11.4. The van der Waals surface area contributed by atoms with Crippen LogP contribution in [0.3, 0.4) is 0 Å². The van der Waals surface area contributed by atoms with Gasteiger partial charge >= 0.3 is 5.69 Å². The van der Waals surface area contributed by atoms with E-state index >= 15 is 0 Å². The van der Waals surface area contributed by atoms with Crippen LogP contribution in [0.4, 0.5) is 5.69 Å². The second-order valence-corrected chi connectivity index (χ2v) is 4.72. The van der Waals surface area contributed by atoms with E-state index in [1.54, 1.807) is 19.2 Å². The summed E-state index contributed by atoms with van der Waals surface area (Å²) in [7, 11) is 0. The highest BCUT2D eigenvalue weighted by molar-refractivity contribution is 5.94. The Labute approximate surface area is 136 Å². The van der Waals surface area contributed by atoms with Gasteiger partial charge in [-0.25, -0.2) is 5.43 Å². The summed E-state index contributed by atoms with van der Waals surface area (Å²) in [5.74, 6) is -1.15. The van der Waals surface area contributed by atoms with Crippen molar-refractivity contribution in [2.24, 2.45) is 5.10 Å². The molecular formula is C15H14N4O5. The third kappa shape index (κ3) is 3.64. The Bertz CT molecular complexity index is 872. The van der Waals surface area contributed by atoms with Crippen molar-refractivity contribution in [1.82, 2.24) is 9.99 Å². The van der Waals surface area contributed by atoms with E-state index in [9.17, 15) is 24.8 Å². The van der Waals surface area contributed by atoms with Crippen LogP contribution in [0.2, 0.25) is 0 Å². The Morgan fingerprint density at radius 1 is 1.46 bits per heavy atom. The molecule has 0 saturated carbocycles. The number of aromatic hydroxyl groups is 1. The first kappa shape index (κ1) is 16.9. The van der Waals surface area contributed by atoms with Crippen molar-refractivity contribution < 1.29 is 14.8 Å². The molecule has 9 heteroatoms. The summed E-state index contributed by atoms with van der Waals surface area (Å²) in [5.41, 5.74) is 1.52. The lowest BCUT2D eigenvalue weighted by molar-refractivity contribution is -0.385. The first-order valence-corrected chi connectivity index (χ1v) is 6.94. The summed E-state index contributed by atoms with van der Waals surface area (Å²) in [5, 5.41) is 23.8. The summed E-state index contributed by atoms with van der Waals surface area (Å²) < 4.78 is 1.38. The van der Waals surface area contributed by atoms with E-state index in [4.69, 9.17) is 0 Å². The first-order valence-electron chi connectivity index (χ1n) is 6.94. The normalized spacial score (nSPS) is 10.7. The topological polar surface area (TPSA) is 127 Å². The number of pyridine rings is 1. The maximum atomic E-state index is 12.0. The van der Waals surface area contributed by atoms with Crippen LogP contribution in [-0.2, 0) is 6.54 Å². The van der Waals surface area contributed by atoms with Crippen molar-refractivity contribution in [2.45, 2.75) is 13.5 Å². The van der Waals surface area contributed by atoms with Crippen molar-refractivity contribution in [3.05, 3.63) is 68.1 Å². The van der Waals surface area contributed by atoms with Crippen LogP contribution in [0.5, 0.6) is 5.75 Å². The molecule has 1 heterocycles. The number of carbonyl (C=O) groups excluding carboxylic acids is 1. The number of phenols is 1. The summed E-state index contributed by atoms with van der Waals surface area (Å²) in [6.45, 7) is 2.21. The van der Waals surface area contributed by atoms with Gasteiger partial charge in [0.15, 0.2) is 5.75 Å². The van der Waals surface area contributed by atoms with Crippen molar-refractivity contribution in [3.8, 4) is 5.75 Å². The lowest BCUT2D eigenvalue weighted by atomic mass is 10.2. The molecule has 1 aromatic carbocycles. The molecule has 0 bridgehead atoms. The molecule has 0 saturated heterocycles. The molecule has 0 aliphatic heterocycles. The smallest absolute Gasteiger partial charge is 0.311 e. The predicted molar refractivity (Wildman–Crippen MR) is 86.2 cm³/mol. The molecule has 2 rings (SSSR count). The predicted octanol–water partition coefficient (Wildman–Crippen LogP) is 1.25. The molecule has 2 N–H and O–H groups in total. The van der Waals surface area contributed by atoms with Crippen LogP contribution in [0.1, 0.15) is 22.8 Å². The van der Waals surface area contributed by atoms with E-state index in [0.717, 1.165) is 12.1 Å². The average Bonchev–Trinajstić information content (AvgIpc) is 2.56. The van der Waals surface area contributed by atoms with Gasteiger partial charge in [0.25, 0.3) is 11.5 Å². The lowest BCUT2D eigenvalue weighted by Gasteiger charge is -2.04. The van der Waals surface area contributed by atoms with Gasteiger partial charge in [0, 0.05) is 24.4 Å². The number of nitro groups is 1. The molecule has 1 amide bonds. The fourth-order valence-electron chi connectivity index (χ4n) is 1.95. The van der Waals surface area contributed by atoms with Crippen molar-refractivity contribution >= 4 is 17.8 Å². The van der Waals surface area contributed by atoms with Gasteiger partial charge < -0.3 is 9.67 Å². The minimum atomic E-state index is -0.734. The molecule has 0 aliphatic carbocycles. The van der Waals surface area contributed by atoms with Gasteiger partial charge in [-0.15, -0.1) is 0 Å². The molecule has 0 aliphatic rings. The number of benzene rings is 1. The number of carbonyl (C=O) groups is 1. The maximum absolute atomic E-state index is 12.0. The van der Waals surface area contributed by atoms with E-state index in [1.165, 1.54) is 22.9 Å². The summed E-state index contributed by atoms with van der Waals surface area (Å²) in [6.07, 6.45) is 2.74. The third-order valence-corrected chi connectivity index (χ3v) is 3.18. The van der Waals surface area contributed by atoms with Crippen molar-refractivity contribution in [2.75, 3.05) is 0 Å². The monoisotopic (exact) mass is 330 g/mol. The molecule has 0 fully saturated rings. The number of nitro benzene ring substituents is 1. The maximum Gasteiger partial charge on any atom is 0.311 e. The van der Waals surface area contributed by atoms with Gasteiger partial charge in [0.1, 0.15) is 5.56 Å². The van der Waals surface area contributed by atoms with Crippen LogP contribution < -0.4 is 11.0 Å². The molecule has 24 heavy (non-hydrogen) atoms. The summed E-state index contributed by atoms with van der Waals surface area (Å²) in [6, 6.07) is 6.61. The van der Waals surface area contributed by atoms with Crippen molar-refractivity contribution in [3.63, 3.8) is 0 Å². The van der Waals surface area contributed by atoms with Gasteiger partial charge in [-0.3, -0.25) is 19.7 Å². The fourth-order valence-corrected chi connectivity index (χ4v) is 1.95. The standard InChI is InChI=1S/C15H14N4O5/c1-2-18-7-3-4-11(15(18)22)14(21)17-16-9-10-5-6-13(20)12(8-10)19(23)24/h3-9,20H,2H2,1H3,(H,17,21)/b16-9-. The van der Waals surface area contributed by atoms with Crippen LogP contribution in [0.15, 0.2) is 46.4 Å². The Morgan fingerprint density at radius 2 is 2.21 bits per heavy atom. The van der Waals surface area contributed by atoms with E-state index in [-0.39, 0.29) is 5.56 Å². The van der Waals surface area contributed by atoms with E-state index < -0.39 is 27.8 Å². The Balaban J connectivity index is 2.15. The number of hydrogen-bond donors (Lipinski definition) is 2. The molecular weight excluding hydrogens is 316 g/mol. The Kier molecular flexibility index (Phi) is 5.05. The molecule has 0 unspecified atom stereocenters. The number of aromatic nitrogens is 1. The van der Waals surface area contributed by atoms with Gasteiger partial charge in [-0.1, -0.05) is 0 Å². The molecule has 0 atom stereocenters. The average molecular weight is 330 g/mol. The zero-order chi connectivity index (χ0) is 17.7. The largest absolute Gasteiger partial charge is 0.502 e. The van der Waals surface area contributed by atoms with E-state index in [0.29, 0.717) is 12.1 Å².